The van der Waals surface area contributed by atoms with Gasteiger partial charge in [-0.15, -0.1) is 0 Å². The lowest BCUT2D eigenvalue weighted by Crippen LogP contribution is -2.30. The lowest BCUT2D eigenvalue weighted by molar-refractivity contribution is -0.138. The predicted octanol–water partition coefficient (Wildman–Crippen LogP) is 3.61. The Bertz CT molecular complexity index is 809. The number of nitrogens with zero attached hydrogens (tertiary/aromatic N) is 1. The van der Waals surface area contributed by atoms with Gasteiger partial charge in [0.15, 0.2) is 0 Å². The van der Waals surface area contributed by atoms with Crippen molar-refractivity contribution >= 4 is 23.5 Å². The Morgan fingerprint density at radius 3 is 1.93 bits per heavy atom. The molecule has 0 aliphatic heterocycles. The summed E-state index contributed by atoms with van der Waals surface area (Å²) in [7, 11) is 0. The monoisotopic (exact) mass is 368 g/mol. The zero-order valence-electron chi connectivity index (χ0n) is 15.7. The molecule has 142 valence electrons. The third-order valence-corrected chi connectivity index (χ3v) is 4.48. The lowest BCUT2D eigenvalue weighted by Gasteiger charge is -2.18. The van der Waals surface area contributed by atoms with Crippen molar-refractivity contribution in [3.05, 3.63) is 65.2 Å². The van der Waals surface area contributed by atoms with E-state index in [1.54, 1.807) is 60.4 Å². The molecule has 0 aliphatic carbocycles. The number of hydrogen-bond donors (Lipinski definition) is 2. The predicted molar refractivity (Wildman–Crippen MR) is 104 cm³/mol. The van der Waals surface area contributed by atoms with Gasteiger partial charge in [0.2, 0.25) is 0 Å². The zero-order valence-corrected chi connectivity index (χ0v) is 15.7. The second kappa shape index (κ2) is 8.98. The first-order valence-corrected chi connectivity index (χ1v) is 8.90. The van der Waals surface area contributed by atoms with Crippen LogP contribution in [-0.4, -0.2) is 40.9 Å². The number of carbonyl (C=O) groups is 3. The van der Waals surface area contributed by atoms with Crippen LogP contribution in [0.4, 0.5) is 5.69 Å². The molecule has 1 unspecified atom stereocenters. The minimum atomic E-state index is -0.897. The fourth-order valence-electron chi connectivity index (χ4n) is 2.66. The van der Waals surface area contributed by atoms with Crippen molar-refractivity contribution in [1.29, 1.82) is 0 Å². The molecule has 27 heavy (non-hydrogen) atoms. The van der Waals surface area contributed by atoms with E-state index >= 15 is 0 Å². The third-order valence-electron chi connectivity index (χ3n) is 4.48. The molecule has 2 aromatic rings. The molecule has 0 spiro atoms. The minimum Gasteiger partial charge on any atom is -0.481 e. The van der Waals surface area contributed by atoms with E-state index in [4.69, 9.17) is 5.11 Å². The maximum absolute atomic E-state index is 12.4. The van der Waals surface area contributed by atoms with Gasteiger partial charge in [-0.05, 0) is 62.7 Å². The molecule has 0 aliphatic rings. The molecule has 6 heteroatoms. The number of rotatable bonds is 7. The van der Waals surface area contributed by atoms with E-state index in [9.17, 15) is 14.4 Å². The van der Waals surface area contributed by atoms with Gasteiger partial charge in [0.1, 0.15) is 0 Å². The second-order valence-corrected chi connectivity index (χ2v) is 6.19. The van der Waals surface area contributed by atoms with E-state index < -0.39 is 11.9 Å². The van der Waals surface area contributed by atoms with E-state index in [1.165, 1.54) is 0 Å². The van der Waals surface area contributed by atoms with Gasteiger partial charge in [0, 0.05) is 29.9 Å². The Morgan fingerprint density at radius 1 is 0.926 bits per heavy atom. The number of hydrogen-bond acceptors (Lipinski definition) is 3. The smallest absolute Gasteiger partial charge is 0.310 e. The van der Waals surface area contributed by atoms with Crippen LogP contribution in [0.3, 0.4) is 0 Å². The molecule has 0 aromatic heterocycles. The van der Waals surface area contributed by atoms with Gasteiger partial charge in [-0.2, -0.15) is 0 Å². The van der Waals surface area contributed by atoms with Crippen molar-refractivity contribution in [3.8, 4) is 0 Å². The molecule has 2 aromatic carbocycles. The van der Waals surface area contributed by atoms with Gasteiger partial charge in [0.25, 0.3) is 11.8 Å². The molecule has 0 heterocycles. The molecule has 0 fully saturated rings. The van der Waals surface area contributed by atoms with Crippen LogP contribution in [0.5, 0.6) is 0 Å². The summed E-state index contributed by atoms with van der Waals surface area (Å²) >= 11 is 0. The van der Waals surface area contributed by atoms with Crippen molar-refractivity contribution in [2.24, 2.45) is 0 Å². The first-order valence-electron chi connectivity index (χ1n) is 8.90. The molecule has 2 N–H and O–H groups in total. The van der Waals surface area contributed by atoms with E-state index in [-0.39, 0.29) is 11.8 Å². The SMILES string of the molecule is CCN(CC)C(=O)c1ccc(C(=O)Nc2ccc(C(C)C(=O)O)cc2)cc1. The zero-order chi connectivity index (χ0) is 20.0. The van der Waals surface area contributed by atoms with Crippen molar-refractivity contribution in [3.63, 3.8) is 0 Å². The minimum absolute atomic E-state index is 0.0601. The molecule has 1 atom stereocenters. The molecule has 0 saturated carbocycles. The molecule has 2 rings (SSSR count). The van der Waals surface area contributed by atoms with E-state index in [2.05, 4.69) is 5.32 Å². The standard InChI is InChI=1S/C21H24N2O4/c1-4-23(5-2)20(25)17-8-6-16(7-9-17)19(24)22-18-12-10-15(11-13-18)14(3)21(26)27/h6-14H,4-5H2,1-3H3,(H,22,24)(H,26,27). The second-order valence-electron chi connectivity index (χ2n) is 6.19. The highest BCUT2D eigenvalue weighted by Gasteiger charge is 2.15. The lowest BCUT2D eigenvalue weighted by atomic mass is 10.0. The van der Waals surface area contributed by atoms with Crippen LogP contribution in [-0.2, 0) is 4.79 Å². The Labute approximate surface area is 158 Å². The van der Waals surface area contributed by atoms with Crippen LogP contribution < -0.4 is 5.32 Å². The highest BCUT2D eigenvalue weighted by molar-refractivity contribution is 6.05. The van der Waals surface area contributed by atoms with Crippen molar-refractivity contribution in [2.75, 3.05) is 18.4 Å². The van der Waals surface area contributed by atoms with E-state index in [1.807, 2.05) is 13.8 Å². The van der Waals surface area contributed by atoms with Crippen LogP contribution in [0.2, 0.25) is 0 Å². The van der Waals surface area contributed by atoms with Crippen LogP contribution in [0.1, 0.15) is 53.0 Å². The summed E-state index contributed by atoms with van der Waals surface area (Å²) in [6, 6.07) is 13.2. The van der Waals surface area contributed by atoms with Gasteiger partial charge in [0.05, 0.1) is 5.92 Å². The summed E-state index contributed by atoms with van der Waals surface area (Å²) in [5.41, 5.74) is 2.22. The highest BCUT2D eigenvalue weighted by atomic mass is 16.4. The summed E-state index contributed by atoms with van der Waals surface area (Å²) in [5, 5.41) is 11.8. The summed E-state index contributed by atoms with van der Waals surface area (Å²) < 4.78 is 0. The van der Waals surface area contributed by atoms with Gasteiger partial charge in [-0.3, -0.25) is 14.4 Å². The van der Waals surface area contributed by atoms with Crippen LogP contribution >= 0.6 is 0 Å². The van der Waals surface area contributed by atoms with Crippen LogP contribution in [0, 0.1) is 0 Å². The number of anilines is 1. The summed E-state index contributed by atoms with van der Waals surface area (Å²) in [4.78, 5) is 37.4. The molecule has 2 amide bonds. The van der Waals surface area contributed by atoms with E-state index in [0.717, 1.165) is 0 Å². The molecular formula is C21H24N2O4. The van der Waals surface area contributed by atoms with Gasteiger partial charge in [-0.25, -0.2) is 0 Å². The number of amides is 2. The number of carbonyl (C=O) groups excluding carboxylic acids is 2. The number of benzene rings is 2. The maximum Gasteiger partial charge on any atom is 0.310 e. The Kier molecular flexibility index (Phi) is 6.71. The Hall–Kier alpha value is -3.15. The molecule has 0 saturated heterocycles. The highest BCUT2D eigenvalue weighted by Crippen LogP contribution is 2.19. The first-order chi connectivity index (χ1) is 12.9. The first kappa shape index (κ1) is 20.2. The van der Waals surface area contributed by atoms with Gasteiger partial charge >= 0.3 is 5.97 Å². The molecule has 6 nitrogen and oxygen atoms in total. The summed E-state index contributed by atoms with van der Waals surface area (Å²) in [5.74, 6) is -1.86. The number of aliphatic carboxylic acids is 1. The average molecular weight is 368 g/mol. The van der Waals surface area contributed by atoms with Gasteiger partial charge < -0.3 is 15.3 Å². The molecular weight excluding hydrogens is 344 g/mol. The fraction of sp³-hybridized carbons (Fsp3) is 0.286. The Balaban J connectivity index is 2.06. The van der Waals surface area contributed by atoms with Gasteiger partial charge in [-0.1, -0.05) is 12.1 Å². The number of carboxylic acid groups (broad SMARTS) is 1. The quantitative estimate of drug-likeness (QED) is 0.782. The van der Waals surface area contributed by atoms with Crippen LogP contribution in [0.15, 0.2) is 48.5 Å². The number of carboxylic acids is 1. The average Bonchev–Trinajstić information content (AvgIpc) is 2.68. The van der Waals surface area contributed by atoms with Crippen molar-refractivity contribution in [2.45, 2.75) is 26.7 Å². The normalized spacial score (nSPS) is 11.5. The molecule has 0 bridgehead atoms. The maximum atomic E-state index is 12.4. The molecule has 0 radical (unpaired) electrons. The number of nitrogens with one attached hydrogen (secondary N) is 1. The van der Waals surface area contributed by atoms with Crippen molar-refractivity contribution in [1.82, 2.24) is 4.90 Å². The third kappa shape index (κ3) is 4.94. The van der Waals surface area contributed by atoms with Crippen LogP contribution in [0.25, 0.3) is 0 Å². The fourth-order valence-corrected chi connectivity index (χ4v) is 2.66. The van der Waals surface area contributed by atoms with Crippen molar-refractivity contribution < 1.29 is 19.5 Å². The summed E-state index contributed by atoms with van der Waals surface area (Å²) in [6.45, 7) is 6.72. The largest absolute Gasteiger partial charge is 0.481 e. The summed E-state index contributed by atoms with van der Waals surface area (Å²) in [6.07, 6.45) is 0. The Morgan fingerprint density at radius 2 is 1.44 bits per heavy atom. The topological polar surface area (TPSA) is 86.7 Å². The van der Waals surface area contributed by atoms with E-state index in [0.29, 0.717) is 35.5 Å².